The number of anilines is 1. The van der Waals surface area contributed by atoms with Crippen molar-refractivity contribution in [3.05, 3.63) is 65.6 Å². The molecule has 2 aromatic heterocycles. The smallest absolute Gasteiger partial charge is 0.290 e. The number of hydrogen-bond donors (Lipinski definition) is 2. The van der Waals surface area contributed by atoms with Gasteiger partial charge in [0.05, 0.1) is 30.3 Å². The number of nitrogens with zero attached hydrogens (tertiary/aromatic N) is 3. The van der Waals surface area contributed by atoms with Crippen LogP contribution in [0.5, 0.6) is 11.5 Å². The highest BCUT2D eigenvalue weighted by molar-refractivity contribution is 5.79. The van der Waals surface area contributed by atoms with Gasteiger partial charge < -0.3 is 24.6 Å². The first-order valence-electron chi connectivity index (χ1n) is 14.1. The predicted molar refractivity (Wildman–Crippen MR) is 165 cm³/mol. The molecule has 2 N–H and O–H groups in total. The van der Waals surface area contributed by atoms with E-state index in [1.165, 1.54) is 24.1 Å². The molecule has 3 aromatic rings. The van der Waals surface area contributed by atoms with E-state index in [0.29, 0.717) is 12.0 Å². The van der Waals surface area contributed by atoms with Crippen molar-refractivity contribution >= 4 is 12.2 Å². The molecule has 1 fully saturated rings. The minimum atomic E-state index is -0.500. The first-order chi connectivity index (χ1) is 19.3. The number of ether oxygens (including phenoxy) is 2. The van der Waals surface area contributed by atoms with Gasteiger partial charge in [-0.15, -0.1) is 0 Å². The van der Waals surface area contributed by atoms with Crippen LogP contribution in [0.3, 0.4) is 0 Å². The number of methoxy groups -OCH3 is 1. The molecule has 0 saturated carbocycles. The molecule has 8 heteroatoms. The van der Waals surface area contributed by atoms with Crippen LogP contribution < -0.4 is 14.4 Å². The third-order valence-corrected chi connectivity index (χ3v) is 6.70. The fraction of sp³-hybridized carbons (Fsp3) is 0.485. The summed E-state index contributed by atoms with van der Waals surface area (Å²) in [5, 5.41) is 15.4. The summed E-state index contributed by atoms with van der Waals surface area (Å²) in [7, 11) is 1.67. The van der Waals surface area contributed by atoms with E-state index in [9.17, 15) is 0 Å². The molecule has 0 bridgehead atoms. The zero-order valence-electron chi connectivity index (χ0n) is 25.9. The molecule has 0 unspecified atom stereocenters. The Bertz CT molecular complexity index is 1220. The monoisotopic (exact) mass is 565 g/mol. The van der Waals surface area contributed by atoms with Gasteiger partial charge in [0.15, 0.2) is 0 Å². The lowest BCUT2D eigenvalue weighted by molar-refractivity contribution is -0.122. The molecule has 1 aliphatic rings. The molecule has 3 heterocycles. The molecule has 0 atom stereocenters. The van der Waals surface area contributed by atoms with Crippen molar-refractivity contribution in [1.82, 2.24) is 9.97 Å². The Balaban J connectivity index is 0.000000653. The molecule has 1 saturated heterocycles. The molecule has 0 amide bonds. The van der Waals surface area contributed by atoms with Gasteiger partial charge >= 0.3 is 0 Å². The maximum Gasteiger partial charge on any atom is 0.290 e. The van der Waals surface area contributed by atoms with Crippen molar-refractivity contribution in [3.63, 3.8) is 0 Å². The number of hydrogen-bond acceptors (Lipinski definition) is 7. The Hall–Kier alpha value is -3.65. The number of aliphatic hydroxyl groups is 1. The standard InChI is InChI=1S/C28H35N3O2.C4H10O.CH2O2/c1-6-24-20(2)29-18-25(27(24)31-14-12-28(3,4)13-15-31)26-11-10-23(17-30-26)33-19-21-8-7-9-22(16-21)32-5;1-4(2,3)5;2-1-3/h7-11,16-18H,6,12-15,19H2,1-5H3;5H,1-3H3;1H,(H,2,3). The Morgan fingerprint density at radius 2 is 1.68 bits per heavy atom. The lowest BCUT2D eigenvalue weighted by atomic mass is 9.82. The van der Waals surface area contributed by atoms with E-state index >= 15 is 0 Å². The van der Waals surface area contributed by atoms with Gasteiger partial charge in [0, 0.05) is 30.5 Å². The van der Waals surface area contributed by atoms with Crippen molar-refractivity contribution in [2.45, 2.75) is 79.9 Å². The van der Waals surface area contributed by atoms with Gasteiger partial charge in [0.25, 0.3) is 6.47 Å². The number of piperidine rings is 1. The zero-order valence-corrected chi connectivity index (χ0v) is 25.9. The van der Waals surface area contributed by atoms with E-state index in [2.05, 4.69) is 32.6 Å². The summed E-state index contributed by atoms with van der Waals surface area (Å²) in [6.07, 6.45) is 7.15. The van der Waals surface area contributed by atoms with E-state index in [1.807, 2.05) is 48.8 Å². The normalized spacial score (nSPS) is 14.1. The quantitative estimate of drug-likeness (QED) is 0.305. The van der Waals surface area contributed by atoms with Gasteiger partial charge in [0.1, 0.15) is 18.1 Å². The Morgan fingerprint density at radius 3 is 2.22 bits per heavy atom. The van der Waals surface area contributed by atoms with E-state index in [-0.39, 0.29) is 6.47 Å². The topological polar surface area (TPSA) is 105 Å². The fourth-order valence-electron chi connectivity index (χ4n) is 4.50. The van der Waals surface area contributed by atoms with E-state index in [1.54, 1.807) is 27.9 Å². The van der Waals surface area contributed by atoms with Crippen LogP contribution in [0.1, 0.15) is 71.2 Å². The molecule has 41 heavy (non-hydrogen) atoms. The van der Waals surface area contributed by atoms with Crippen LogP contribution >= 0.6 is 0 Å². The van der Waals surface area contributed by atoms with Crippen molar-refractivity contribution in [3.8, 4) is 22.8 Å². The summed E-state index contributed by atoms with van der Waals surface area (Å²) in [6, 6.07) is 12.0. The van der Waals surface area contributed by atoms with Crippen LogP contribution in [0.25, 0.3) is 11.3 Å². The van der Waals surface area contributed by atoms with Gasteiger partial charge in [0.2, 0.25) is 0 Å². The molecule has 1 aromatic carbocycles. The molecular formula is C33H47N3O5. The minimum absolute atomic E-state index is 0.250. The van der Waals surface area contributed by atoms with Gasteiger partial charge in [-0.2, -0.15) is 0 Å². The van der Waals surface area contributed by atoms with Crippen LogP contribution in [-0.4, -0.2) is 52.5 Å². The largest absolute Gasteiger partial charge is 0.497 e. The predicted octanol–water partition coefficient (Wildman–Crippen LogP) is 6.71. The Kier molecular flexibility index (Phi) is 12.6. The maximum atomic E-state index is 8.52. The first-order valence-corrected chi connectivity index (χ1v) is 14.1. The third kappa shape index (κ3) is 11.0. The Morgan fingerprint density at radius 1 is 1.05 bits per heavy atom. The highest BCUT2D eigenvalue weighted by atomic mass is 16.5. The summed E-state index contributed by atoms with van der Waals surface area (Å²) < 4.78 is 11.3. The molecule has 4 rings (SSSR count). The fourth-order valence-corrected chi connectivity index (χ4v) is 4.50. The van der Waals surface area contributed by atoms with E-state index in [4.69, 9.17) is 34.4 Å². The summed E-state index contributed by atoms with van der Waals surface area (Å²) in [6.45, 7) is 16.7. The molecule has 0 aliphatic carbocycles. The second kappa shape index (κ2) is 15.4. The second-order valence-corrected chi connectivity index (χ2v) is 11.9. The number of aromatic nitrogens is 2. The lowest BCUT2D eigenvalue weighted by Gasteiger charge is -2.40. The highest BCUT2D eigenvalue weighted by Crippen LogP contribution is 2.39. The molecule has 0 radical (unpaired) electrons. The van der Waals surface area contributed by atoms with Crippen molar-refractivity contribution in [2.24, 2.45) is 5.41 Å². The van der Waals surface area contributed by atoms with Crippen LogP contribution in [-0.2, 0) is 17.8 Å². The van der Waals surface area contributed by atoms with E-state index < -0.39 is 5.60 Å². The van der Waals surface area contributed by atoms with Crippen LogP contribution in [0.2, 0.25) is 0 Å². The van der Waals surface area contributed by atoms with Crippen LogP contribution in [0.15, 0.2) is 48.8 Å². The van der Waals surface area contributed by atoms with Gasteiger partial charge in [-0.1, -0.05) is 32.9 Å². The maximum absolute atomic E-state index is 8.52. The van der Waals surface area contributed by atoms with Crippen LogP contribution in [0.4, 0.5) is 5.69 Å². The summed E-state index contributed by atoms with van der Waals surface area (Å²) in [4.78, 5) is 20.4. The number of benzene rings is 1. The number of carbonyl (C=O) groups is 1. The van der Waals surface area contributed by atoms with Crippen molar-refractivity contribution < 1.29 is 24.5 Å². The van der Waals surface area contributed by atoms with Gasteiger partial charge in [-0.05, 0) is 87.8 Å². The minimum Gasteiger partial charge on any atom is -0.497 e. The first kappa shape index (κ1) is 33.6. The molecule has 0 spiro atoms. The lowest BCUT2D eigenvalue weighted by Crippen LogP contribution is -2.38. The number of pyridine rings is 2. The third-order valence-electron chi connectivity index (χ3n) is 6.70. The summed E-state index contributed by atoms with van der Waals surface area (Å²) >= 11 is 0. The average molecular weight is 566 g/mol. The summed E-state index contributed by atoms with van der Waals surface area (Å²) in [5.41, 5.74) is 6.75. The molecule has 8 nitrogen and oxygen atoms in total. The van der Waals surface area contributed by atoms with Crippen molar-refractivity contribution in [1.29, 1.82) is 0 Å². The number of carboxylic acid groups (broad SMARTS) is 1. The van der Waals surface area contributed by atoms with Crippen molar-refractivity contribution in [2.75, 3.05) is 25.1 Å². The van der Waals surface area contributed by atoms with Gasteiger partial charge in [-0.3, -0.25) is 14.8 Å². The van der Waals surface area contributed by atoms with E-state index in [0.717, 1.165) is 53.5 Å². The zero-order chi connectivity index (χ0) is 30.6. The molecule has 224 valence electrons. The number of aryl methyl sites for hydroxylation is 1. The Labute approximate surface area is 245 Å². The number of rotatable bonds is 7. The summed E-state index contributed by atoms with van der Waals surface area (Å²) in [5.74, 6) is 1.58. The average Bonchev–Trinajstić information content (AvgIpc) is 2.92. The van der Waals surface area contributed by atoms with Gasteiger partial charge in [-0.25, -0.2) is 0 Å². The highest BCUT2D eigenvalue weighted by Gasteiger charge is 2.28. The second-order valence-electron chi connectivity index (χ2n) is 11.9. The molecule has 1 aliphatic heterocycles. The van der Waals surface area contributed by atoms with Crippen LogP contribution in [0, 0.1) is 12.3 Å². The SMILES string of the molecule is CC(C)(C)O.CCc1c(C)ncc(-c2ccc(OCc3cccc(OC)c3)cn2)c1N1CCC(C)(C)CC1.O=CO. The molecular weight excluding hydrogens is 518 g/mol.